The summed E-state index contributed by atoms with van der Waals surface area (Å²) in [5, 5.41) is 49.9. The molecule has 1 aromatic carbocycles. The van der Waals surface area contributed by atoms with E-state index >= 15 is 0 Å². The summed E-state index contributed by atoms with van der Waals surface area (Å²) in [6, 6.07) is 5.79. The number of carboxylic acid groups (broad SMARTS) is 3. The lowest BCUT2D eigenvalue weighted by Crippen LogP contribution is -2.52. The molecule has 2 atom stereocenters. The first-order chi connectivity index (χ1) is 23.7. The first-order valence-corrected chi connectivity index (χ1v) is 16.8. The normalized spacial score (nSPS) is 19.6. The van der Waals surface area contributed by atoms with Gasteiger partial charge in [-0.3, -0.25) is 48.4 Å². The molecule has 3 rings (SSSR count). The average Bonchev–Trinajstić information content (AvgIpc) is 3.55. The Morgan fingerprint density at radius 3 is 1.58 bits per heavy atom. The van der Waals surface area contributed by atoms with Crippen LogP contribution >= 0.6 is 0 Å². The van der Waals surface area contributed by atoms with Crippen molar-refractivity contribution in [2.75, 3.05) is 85.1 Å². The number of carbonyl (C=O) groups excluding carboxylic acids is 3. The molecule has 2 aliphatic heterocycles. The van der Waals surface area contributed by atoms with Gasteiger partial charge < -0.3 is 35.6 Å². The zero-order valence-electron chi connectivity index (χ0n) is 28.5. The highest BCUT2D eigenvalue weighted by Crippen LogP contribution is 2.19. The zero-order valence-corrected chi connectivity index (χ0v) is 28.5. The molecule has 2 aliphatic rings. The zero-order chi connectivity index (χ0) is 36.8. The Morgan fingerprint density at radius 2 is 1.16 bits per heavy atom. The highest BCUT2D eigenvalue weighted by molar-refractivity contribution is 6.43. The minimum atomic E-state index is -1.65. The van der Waals surface area contributed by atoms with Gasteiger partial charge in [0.15, 0.2) is 0 Å². The standard InChI is InChI=1S/C32H49BN6O11/c1-23(32(48)39-10-2-3-27(39)33(49)50)34-31(47)25-7-4-24(5-8-25)6-9-26(40)19-35-11-13-36(20-28(41)42)15-17-38(22-30(45)46)18-16-37(14-12-35)21-29(43)44/h4-5,7-8,23,27,49-50H,2-3,6,9-22H2,1H3,(H,34,47)(H,41,42)(H,43,44)(H,45,46)/t23-,27+/m1/s1. The molecule has 2 saturated heterocycles. The smallest absolute Gasteiger partial charge is 0.475 e. The van der Waals surface area contributed by atoms with E-state index in [1.165, 1.54) is 4.90 Å². The van der Waals surface area contributed by atoms with E-state index < -0.39 is 48.8 Å². The van der Waals surface area contributed by atoms with Crippen molar-refractivity contribution in [3.63, 3.8) is 0 Å². The van der Waals surface area contributed by atoms with Crippen LogP contribution in [0, 0.1) is 0 Å². The number of aryl methyl sites for hydroxylation is 1. The van der Waals surface area contributed by atoms with Crippen molar-refractivity contribution in [2.24, 2.45) is 0 Å². The average molecular weight is 705 g/mol. The second-order valence-corrected chi connectivity index (χ2v) is 12.9. The predicted octanol–water partition coefficient (Wildman–Crippen LogP) is -2.21. The first-order valence-electron chi connectivity index (χ1n) is 16.8. The molecule has 0 radical (unpaired) electrons. The van der Waals surface area contributed by atoms with Crippen LogP contribution < -0.4 is 5.32 Å². The van der Waals surface area contributed by atoms with E-state index in [4.69, 9.17) is 0 Å². The lowest BCUT2D eigenvalue weighted by Gasteiger charge is -2.32. The molecule has 0 bridgehead atoms. The van der Waals surface area contributed by atoms with Crippen LogP contribution in [0.1, 0.15) is 42.1 Å². The van der Waals surface area contributed by atoms with E-state index in [2.05, 4.69) is 5.32 Å². The number of amides is 2. The van der Waals surface area contributed by atoms with Gasteiger partial charge in [-0.2, -0.15) is 0 Å². The van der Waals surface area contributed by atoms with E-state index in [1.54, 1.807) is 45.9 Å². The fraction of sp³-hybridized carbons (Fsp3) is 0.625. The summed E-state index contributed by atoms with van der Waals surface area (Å²) in [6.07, 6.45) is 1.71. The summed E-state index contributed by atoms with van der Waals surface area (Å²) >= 11 is 0. The number of nitrogens with one attached hydrogen (secondary N) is 1. The molecule has 50 heavy (non-hydrogen) atoms. The third kappa shape index (κ3) is 13.8. The van der Waals surface area contributed by atoms with E-state index in [0.29, 0.717) is 57.5 Å². The van der Waals surface area contributed by atoms with E-state index in [-0.39, 0.29) is 64.6 Å². The van der Waals surface area contributed by atoms with Crippen LogP contribution in [0.2, 0.25) is 0 Å². The van der Waals surface area contributed by atoms with Gasteiger partial charge in [0.25, 0.3) is 5.91 Å². The highest BCUT2D eigenvalue weighted by Gasteiger charge is 2.38. The fourth-order valence-corrected chi connectivity index (χ4v) is 6.19. The number of benzene rings is 1. The predicted molar refractivity (Wildman–Crippen MR) is 180 cm³/mol. The molecule has 0 unspecified atom stereocenters. The van der Waals surface area contributed by atoms with Crippen LogP contribution in [0.25, 0.3) is 0 Å². The number of carboxylic acids is 3. The molecular formula is C32H49BN6O11. The van der Waals surface area contributed by atoms with Crippen LogP contribution in [-0.2, 0) is 30.4 Å². The third-order valence-electron chi connectivity index (χ3n) is 8.96. The number of nitrogens with zero attached hydrogens (tertiary/aromatic N) is 5. The molecule has 2 fully saturated rings. The van der Waals surface area contributed by atoms with E-state index in [9.17, 15) is 54.1 Å². The van der Waals surface area contributed by atoms with Gasteiger partial charge in [-0.1, -0.05) is 12.1 Å². The summed E-state index contributed by atoms with van der Waals surface area (Å²) < 4.78 is 0. The number of hydrogen-bond acceptors (Lipinski definition) is 12. The summed E-state index contributed by atoms with van der Waals surface area (Å²) in [4.78, 5) is 81.4. The van der Waals surface area contributed by atoms with Crippen molar-refractivity contribution in [1.29, 1.82) is 0 Å². The molecule has 18 heteroatoms. The van der Waals surface area contributed by atoms with Crippen LogP contribution in [0.15, 0.2) is 24.3 Å². The van der Waals surface area contributed by atoms with Gasteiger partial charge in [-0.25, -0.2) is 0 Å². The maximum Gasteiger partial charge on any atom is 0.475 e. The number of ketones is 1. The molecule has 276 valence electrons. The van der Waals surface area contributed by atoms with Crippen molar-refractivity contribution >= 4 is 42.6 Å². The van der Waals surface area contributed by atoms with E-state index in [1.807, 2.05) is 4.90 Å². The molecule has 0 spiro atoms. The van der Waals surface area contributed by atoms with Gasteiger partial charge in [0.2, 0.25) is 5.91 Å². The second-order valence-electron chi connectivity index (χ2n) is 12.9. The highest BCUT2D eigenvalue weighted by atomic mass is 16.4. The number of hydrogen-bond donors (Lipinski definition) is 6. The summed E-state index contributed by atoms with van der Waals surface area (Å²) in [7, 11) is -1.65. The van der Waals surface area contributed by atoms with Gasteiger partial charge in [-0.15, -0.1) is 0 Å². The topological polar surface area (TPSA) is 232 Å². The van der Waals surface area contributed by atoms with Crippen molar-refractivity contribution in [3.8, 4) is 0 Å². The Balaban J connectivity index is 1.56. The van der Waals surface area contributed by atoms with Crippen molar-refractivity contribution < 1.29 is 54.1 Å². The largest absolute Gasteiger partial charge is 0.480 e. The van der Waals surface area contributed by atoms with Gasteiger partial charge in [0, 0.05) is 70.9 Å². The van der Waals surface area contributed by atoms with Gasteiger partial charge in [0.1, 0.15) is 11.8 Å². The number of Topliss-reactive ketones (excluding diaryl/α,β-unsaturated/α-hetero) is 1. The van der Waals surface area contributed by atoms with Gasteiger partial charge in [0.05, 0.1) is 32.1 Å². The number of likely N-dealkylation sites (tertiary alicyclic amines) is 1. The lowest BCUT2D eigenvalue weighted by molar-refractivity contribution is -0.140. The molecule has 0 aliphatic carbocycles. The number of rotatable bonds is 15. The second kappa shape index (κ2) is 20.0. The lowest BCUT2D eigenvalue weighted by atomic mass is 9.78. The molecule has 2 amide bonds. The molecule has 2 heterocycles. The molecule has 6 N–H and O–H groups in total. The summed E-state index contributed by atoms with van der Waals surface area (Å²) in [5.74, 6) is -4.71. The quantitative estimate of drug-likeness (QED) is 0.106. The van der Waals surface area contributed by atoms with Crippen LogP contribution in [0.4, 0.5) is 0 Å². The van der Waals surface area contributed by atoms with E-state index in [0.717, 1.165) is 5.56 Å². The third-order valence-corrected chi connectivity index (χ3v) is 8.96. The van der Waals surface area contributed by atoms with Crippen LogP contribution in [0.5, 0.6) is 0 Å². The first kappa shape index (κ1) is 40.5. The SMILES string of the molecule is C[C@@H](NC(=O)c1ccc(CCC(=O)CN2CCN(CC(=O)O)CCN(CC(=O)O)CCN(CC(=O)O)CC2)cc1)C(=O)N1CCC[C@H]1B(O)O. The van der Waals surface area contributed by atoms with Crippen molar-refractivity contribution in [1.82, 2.24) is 29.8 Å². The maximum atomic E-state index is 13.1. The fourth-order valence-electron chi connectivity index (χ4n) is 6.19. The molecule has 0 saturated carbocycles. The Morgan fingerprint density at radius 1 is 0.720 bits per heavy atom. The molecular weight excluding hydrogens is 655 g/mol. The molecule has 1 aromatic rings. The maximum absolute atomic E-state index is 13.1. The van der Waals surface area contributed by atoms with Crippen molar-refractivity contribution in [3.05, 3.63) is 35.4 Å². The monoisotopic (exact) mass is 704 g/mol. The Hall–Kier alpha value is -3.94. The van der Waals surface area contributed by atoms with Gasteiger partial charge >= 0.3 is 25.0 Å². The van der Waals surface area contributed by atoms with Crippen molar-refractivity contribution in [2.45, 2.75) is 44.6 Å². The van der Waals surface area contributed by atoms with Gasteiger partial charge in [-0.05, 0) is 43.9 Å². The Kier molecular flexibility index (Phi) is 16.2. The minimum Gasteiger partial charge on any atom is -0.480 e. The number of aliphatic carboxylic acids is 3. The number of carbonyl (C=O) groups is 6. The Labute approximate surface area is 291 Å². The summed E-state index contributed by atoms with van der Waals surface area (Å²) in [6.45, 7) is 3.73. The molecule has 17 nitrogen and oxygen atoms in total. The Bertz CT molecular complexity index is 1300. The summed E-state index contributed by atoms with van der Waals surface area (Å²) in [5.41, 5.74) is 1.14. The van der Waals surface area contributed by atoms with Crippen LogP contribution in [0.3, 0.4) is 0 Å². The minimum absolute atomic E-state index is 0.0679. The molecule has 0 aromatic heterocycles. The van der Waals surface area contributed by atoms with Crippen LogP contribution in [-0.4, -0.2) is 190 Å².